The lowest BCUT2D eigenvalue weighted by Crippen LogP contribution is -2.52. The third kappa shape index (κ3) is 1.28. The van der Waals surface area contributed by atoms with E-state index < -0.39 is 18.0 Å². The van der Waals surface area contributed by atoms with Crippen LogP contribution in [0.2, 0.25) is 0 Å². The maximum Gasteiger partial charge on any atom is 0.422 e. The van der Waals surface area contributed by atoms with Crippen LogP contribution in [0.25, 0.3) is 0 Å². The molecule has 0 spiro atoms. The van der Waals surface area contributed by atoms with Gasteiger partial charge in [0.2, 0.25) is 5.91 Å². The Morgan fingerprint density at radius 1 is 1.55 bits per heavy atom. The number of rotatable bonds is 0. The van der Waals surface area contributed by atoms with Gasteiger partial charge in [-0.05, 0) is 0 Å². The van der Waals surface area contributed by atoms with Crippen molar-refractivity contribution in [2.24, 2.45) is 0 Å². The number of hydrogen-bond acceptors (Lipinski definition) is 3. The van der Waals surface area contributed by atoms with Crippen LogP contribution >= 0.6 is 0 Å². The molecule has 4 amide bonds. The largest absolute Gasteiger partial charge is 0.464 e. The Kier molecular flexibility index (Phi) is 1.75. The summed E-state index contributed by atoms with van der Waals surface area (Å²) in [7, 11) is 0. The van der Waals surface area contributed by atoms with E-state index in [0.29, 0.717) is 0 Å². The van der Waals surface area contributed by atoms with Gasteiger partial charge in [-0.15, -0.1) is 0 Å². The van der Waals surface area contributed by atoms with Crippen molar-refractivity contribution in [3.05, 3.63) is 0 Å². The van der Waals surface area contributed by atoms with E-state index in [4.69, 9.17) is 5.11 Å². The van der Waals surface area contributed by atoms with Gasteiger partial charge in [0.25, 0.3) is 0 Å². The number of nitrogens with one attached hydrogen (secondary N) is 1. The van der Waals surface area contributed by atoms with Gasteiger partial charge in [-0.25, -0.2) is 9.59 Å². The molecule has 0 saturated carbocycles. The smallest absolute Gasteiger partial charge is 0.422 e. The summed E-state index contributed by atoms with van der Waals surface area (Å²) >= 11 is 0. The van der Waals surface area contributed by atoms with Gasteiger partial charge in [0.05, 0.1) is 0 Å². The number of imide groups is 3. The Hall–Kier alpha value is -1.59. The van der Waals surface area contributed by atoms with Crippen molar-refractivity contribution in [3.8, 4) is 0 Å². The molecule has 1 rings (SSSR count). The van der Waals surface area contributed by atoms with Gasteiger partial charge in [0, 0.05) is 13.0 Å². The van der Waals surface area contributed by atoms with E-state index in [2.05, 4.69) is 5.32 Å². The predicted molar refractivity (Wildman–Crippen MR) is 32.9 cm³/mol. The third-order valence-corrected chi connectivity index (χ3v) is 1.26. The maximum atomic E-state index is 10.7. The Balaban J connectivity index is 2.79. The highest BCUT2D eigenvalue weighted by atomic mass is 16.4. The van der Waals surface area contributed by atoms with Crippen molar-refractivity contribution in [2.75, 3.05) is 6.54 Å². The Labute approximate surface area is 61.8 Å². The number of carbonyl (C=O) groups is 3. The number of carboxylic acid groups (broad SMARTS) is 1. The van der Waals surface area contributed by atoms with Crippen molar-refractivity contribution in [2.45, 2.75) is 6.42 Å². The van der Waals surface area contributed by atoms with E-state index in [0.717, 1.165) is 0 Å². The van der Waals surface area contributed by atoms with Gasteiger partial charge in [0.15, 0.2) is 0 Å². The van der Waals surface area contributed by atoms with Crippen LogP contribution in [-0.4, -0.2) is 34.6 Å². The summed E-state index contributed by atoms with van der Waals surface area (Å²) in [4.78, 5) is 31.8. The molecule has 0 unspecified atom stereocenters. The average molecular weight is 158 g/mol. The Morgan fingerprint density at radius 2 is 2.18 bits per heavy atom. The van der Waals surface area contributed by atoms with Crippen LogP contribution in [0.3, 0.4) is 0 Å². The number of hydrogen-bond donors (Lipinski definition) is 2. The minimum atomic E-state index is -1.54. The summed E-state index contributed by atoms with van der Waals surface area (Å²) in [5.41, 5.74) is 0. The van der Waals surface area contributed by atoms with E-state index in [-0.39, 0.29) is 17.9 Å². The van der Waals surface area contributed by atoms with Gasteiger partial charge in [-0.1, -0.05) is 0 Å². The first-order chi connectivity index (χ1) is 5.13. The molecule has 6 heteroatoms. The second-order valence-corrected chi connectivity index (χ2v) is 1.99. The zero-order valence-corrected chi connectivity index (χ0v) is 5.53. The molecule has 0 aliphatic carbocycles. The lowest BCUT2D eigenvalue weighted by molar-refractivity contribution is -0.127. The van der Waals surface area contributed by atoms with Gasteiger partial charge in [-0.2, -0.15) is 4.90 Å². The lowest BCUT2D eigenvalue weighted by Gasteiger charge is -2.20. The van der Waals surface area contributed by atoms with Crippen LogP contribution in [-0.2, 0) is 4.79 Å². The highest BCUT2D eigenvalue weighted by Gasteiger charge is 2.31. The molecular formula is C5H6N2O4. The quantitative estimate of drug-likeness (QED) is 0.502. The van der Waals surface area contributed by atoms with Crippen molar-refractivity contribution in [1.82, 2.24) is 10.2 Å². The number of carbonyl (C=O) groups excluding carboxylic acids is 2. The molecule has 0 bridgehead atoms. The summed E-state index contributed by atoms with van der Waals surface area (Å²) in [6.07, 6.45) is -1.50. The van der Waals surface area contributed by atoms with Crippen LogP contribution < -0.4 is 5.32 Å². The molecule has 6 nitrogen and oxygen atoms in total. The summed E-state index contributed by atoms with van der Waals surface area (Å²) in [6, 6.07) is -0.867. The molecule has 0 radical (unpaired) electrons. The normalized spacial score (nSPS) is 18.0. The number of urea groups is 1. The molecule has 2 N–H and O–H groups in total. The fraction of sp³-hybridized carbons (Fsp3) is 0.400. The molecule has 0 aromatic heterocycles. The molecule has 1 fully saturated rings. The van der Waals surface area contributed by atoms with Crippen LogP contribution in [0.4, 0.5) is 9.59 Å². The molecule has 1 aliphatic rings. The maximum absolute atomic E-state index is 10.7. The summed E-state index contributed by atoms with van der Waals surface area (Å²) in [5, 5.41) is 10.6. The van der Waals surface area contributed by atoms with Crippen LogP contribution in [0.1, 0.15) is 6.42 Å². The fourth-order valence-electron chi connectivity index (χ4n) is 0.774. The molecule has 0 atom stereocenters. The SMILES string of the molecule is O=C(O)N1C(=O)CCNC1=O. The fourth-order valence-corrected chi connectivity index (χ4v) is 0.774. The van der Waals surface area contributed by atoms with Crippen LogP contribution in [0.15, 0.2) is 0 Å². The minimum Gasteiger partial charge on any atom is -0.464 e. The van der Waals surface area contributed by atoms with Gasteiger partial charge >= 0.3 is 12.1 Å². The van der Waals surface area contributed by atoms with Crippen molar-refractivity contribution in [1.29, 1.82) is 0 Å². The molecule has 0 aromatic rings. The first-order valence-electron chi connectivity index (χ1n) is 2.96. The molecule has 11 heavy (non-hydrogen) atoms. The molecule has 1 heterocycles. The first-order valence-corrected chi connectivity index (χ1v) is 2.96. The molecular weight excluding hydrogens is 152 g/mol. The summed E-state index contributed by atoms with van der Waals surface area (Å²) in [6.45, 7) is 0.210. The van der Waals surface area contributed by atoms with E-state index in [9.17, 15) is 14.4 Å². The van der Waals surface area contributed by atoms with Crippen molar-refractivity contribution >= 4 is 18.0 Å². The second kappa shape index (κ2) is 2.57. The Bertz CT molecular complexity index is 209. The standard InChI is InChI=1S/C5H6N2O4/c8-3-1-2-6-4(9)7(3)5(10)11/h1-2H2,(H,6,9)(H,10,11). The molecule has 1 saturated heterocycles. The number of amides is 4. The highest BCUT2D eigenvalue weighted by Crippen LogP contribution is 2.00. The molecule has 60 valence electrons. The van der Waals surface area contributed by atoms with Crippen molar-refractivity contribution < 1.29 is 19.5 Å². The molecule has 1 aliphatic heterocycles. The summed E-state index contributed by atoms with van der Waals surface area (Å²) < 4.78 is 0. The van der Waals surface area contributed by atoms with Gasteiger partial charge < -0.3 is 10.4 Å². The van der Waals surface area contributed by atoms with E-state index in [1.54, 1.807) is 0 Å². The van der Waals surface area contributed by atoms with Crippen LogP contribution in [0.5, 0.6) is 0 Å². The van der Waals surface area contributed by atoms with Crippen LogP contribution in [0, 0.1) is 0 Å². The first kappa shape index (κ1) is 7.52. The molecule has 0 aromatic carbocycles. The van der Waals surface area contributed by atoms with Crippen molar-refractivity contribution in [3.63, 3.8) is 0 Å². The predicted octanol–water partition coefficient (Wildman–Crippen LogP) is -0.394. The van der Waals surface area contributed by atoms with E-state index >= 15 is 0 Å². The minimum absolute atomic E-state index is 0.0397. The Morgan fingerprint density at radius 3 is 2.55 bits per heavy atom. The summed E-state index contributed by atoms with van der Waals surface area (Å²) in [5.74, 6) is -0.679. The van der Waals surface area contributed by atoms with E-state index in [1.807, 2.05) is 0 Å². The third-order valence-electron chi connectivity index (χ3n) is 1.26. The van der Waals surface area contributed by atoms with E-state index in [1.165, 1.54) is 0 Å². The second-order valence-electron chi connectivity index (χ2n) is 1.99. The average Bonchev–Trinajstić information content (AvgIpc) is 1.85. The topological polar surface area (TPSA) is 86.7 Å². The number of nitrogens with zero attached hydrogens (tertiary/aromatic N) is 1. The van der Waals surface area contributed by atoms with Gasteiger partial charge in [-0.3, -0.25) is 4.79 Å². The zero-order chi connectivity index (χ0) is 8.43. The van der Waals surface area contributed by atoms with Gasteiger partial charge in [0.1, 0.15) is 0 Å². The highest BCUT2D eigenvalue weighted by molar-refractivity contribution is 6.09. The zero-order valence-electron chi connectivity index (χ0n) is 5.53. The lowest BCUT2D eigenvalue weighted by atomic mass is 10.3. The monoisotopic (exact) mass is 158 g/mol.